The third-order valence-electron chi connectivity index (χ3n) is 3.30. The van der Waals surface area contributed by atoms with Crippen LogP contribution in [0, 0.1) is 0 Å². The summed E-state index contributed by atoms with van der Waals surface area (Å²) in [7, 11) is 0. The number of carboxylic acids is 1. The van der Waals surface area contributed by atoms with Crippen LogP contribution in [0.25, 0.3) is 11.3 Å². The number of nitrogens with one attached hydrogen (secondary N) is 1. The highest BCUT2D eigenvalue weighted by Crippen LogP contribution is 2.29. The fourth-order valence-corrected chi connectivity index (χ4v) is 2.82. The molecule has 124 valence electrons. The maximum atomic E-state index is 11.2. The van der Waals surface area contributed by atoms with E-state index in [0.717, 1.165) is 11.3 Å². The quantitative estimate of drug-likeness (QED) is 0.710. The third kappa shape index (κ3) is 5.18. The first-order valence-corrected chi connectivity index (χ1v) is 9.15. The minimum absolute atomic E-state index is 0.354. The van der Waals surface area contributed by atoms with Gasteiger partial charge in [0.25, 0.3) is 0 Å². The number of rotatable bonds is 8. The van der Waals surface area contributed by atoms with E-state index in [9.17, 15) is 9.90 Å². The number of hydrogen-bond acceptors (Lipinski definition) is 4. The summed E-state index contributed by atoms with van der Waals surface area (Å²) in [5.41, 5.74) is 0.822. The molecule has 0 bridgehead atoms. The van der Waals surface area contributed by atoms with Gasteiger partial charge in [-0.05, 0) is 48.8 Å². The lowest BCUT2D eigenvalue weighted by Crippen LogP contribution is -2.36. The summed E-state index contributed by atoms with van der Waals surface area (Å²) in [5.74, 6) is 1.27. The molecule has 0 radical (unpaired) electrons. The lowest BCUT2D eigenvalue weighted by atomic mass is 10.2. The first kappa shape index (κ1) is 18.2. The minimum atomic E-state index is -0.852. The predicted molar refractivity (Wildman–Crippen MR) is 95.4 cm³/mol. The molecule has 0 spiro atoms. The monoisotopic (exact) mass is 373 g/mol. The van der Waals surface area contributed by atoms with E-state index in [1.807, 2.05) is 24.5 Å². The SMILES string of the molecule is CSCC[C@@H](NCc1ccc(-c2ccc(Cl)c(Cl)c2)o1)C(=O)O. The topological polar surface area (TPSA) is 62.5 Å². The average molecular weight is 374 g/mol. The van der Waals surface area contributed by atoms with Crippen molar-refractivity contribution in [1.29, 1.82) is 0 Å². The van der Waals surface area contributed by atoms with E-state index in [1.54, 1.807) is 23.9 Å². The van der Waals surface area contributed by atoms with E-state index in [4.69, 9.17) is 27.6 Å². The predicted octanol–water partition coefficient (Wildman–Crippen LogP) is 4.55. The molecule has 0 saturated carbocycles. The highest BCUT2D eigenvalue weighted by molar-refractivity contribution is 7.98. The normalized spacial score (nSPS) is 12.3. The fraction of sp³-hybridized carbons (Fsp3) is 0.312. The van der Waals surface area contributed by atoms with Gasteiger partial charge in [-0.2, -0.15) is 11.8 Å². The Morgan fingerprint density at radius 3 is 2.74 bits per heavy atom. The first-order valence-electron chi connectivity index (χ1n) is 7.00. The molecule has 2 rings (SSSR count). The molecule has 2 aromatic rings. The van der Waals surface area contributed by atoms with Gasteiger partial charge in [-0.1, -0.05) is 23.2 Å². The van der Waals surface area contributed by atoms with Gasteiger partial charge in [-0.3, -0.25) is 10.1 Å². The van der Waals surface area contributed by atoms with Gasteiger partial charge in [-0.15, -0.1) is 0 Å². The van der Waals surface area contributed by atoms with Crippen molar-refractivity contribution >= 4 is 40.9 Å². The maximum Gasteiger partial charge on any atom is 0.320 e. The van der Waals surface area contributed by atoms with E-state index >= 15 is 0 Å². The van der Waals surface area contributed by atoms with Gasteiger partial charge in [0, 0.05) is 5.56 Å². The molecule has 0 amide bonds. The second-order valence-electron chi connectivity index (χ2n) is 4.95. The van der Waals surface area contributed by atoms with Crippen molar-refractivity contribution < 1.29 is 14.3 Å². The molecule has 0 fully saturated rings. The molecule has 0 unspecified atom stereocenters. The van der Waals surface area contributed by atoms with Crippen molar-refractivity contribution in [2.75, 3.05) is 12.0 Å². The molecule has 2 N–H and O–H groups in total. The Hall–Kier alpha value is -1.14. The molecule has 0 saturated heterocycles. The largest absolute Gasteiger partial charge is 0.480 e. The molecular weight excluding hydrogens is 357 g/mol. The van der Waals surface area contributed by atoms with Crippen LogP contribution >= 0.6 is 35.0 Å². The molecular formula is C16H17Cl2NO3S. The summed E-state index contributed by atoms with van der Waals surface area (Å²) in [4.78, 5) is 11.2. The number of hydrogen-bond donors (Lipinski definition) is 2. The van der Waals surface area contributed by atoms with Gasteiger partial charge >= 0.3 is 5.97 Å². The molecule has 1 heterocycles. The van der Waals surface area contributed by atoms with Crippen LogP contribution in [0.1, 0.15) is 12.2 Å². The Bertz CT molecular complexity index is 675. The van der Waals surface area contributed by atoms with E-state index in [1.165, 1.54) is 0 Å². The van der Waals surface area contributed by atoms with Gasteiger partial charge in [0.15, 0.2) is 0 Å². The minimum Gasteiger partial charge on any atom is -0.480 e. The zero-order valence-corrected chi connectivity index (χ0v) is 14.8. The van der Waals surface area contributed by atoms with Gasteiger partial charge in [-0.25, -0.2) is 0 Å². The van der Waals surface area contributed by atoms with Crippen LogP contribution in [0.3, 0.4) is 0 Å². The molecule has 7 heteroatoms. The third-order valence-corrected chi connectivity index (χ3v) is 4.68. The van der Waals surface area contributed by atoms with Crippen molar-refractivity contribution in [3.05, 3.63) is 46.1 Å². The zero-order chi connectivity index (χ0) is 16.8. The summed E-state index contributed by atoms with van der Waals surface area (Å²) < 4.78 is 5.74. The second-order valence-corrected chi connectivity index (χ2v) is 6.75. The van der Waals surface area contributed by atoms with Crippen molar-refractivity contribution in [2.24, 2.45) is 0 Å². The van der Waals surface area contributed by atoms with Crippen LogP contribution in [0.5, 0.6) is 0 Å². The van der Waals surface area contributed by atoms with Crippen molar-refractivity contribution in [3.8, 4) is 11.3 Å². The van der Waals surface area contributed by atoms with Crippen LogP contribution in [-0.2, 0) is 11.3 Å². The molecule has 1 atom stereocenters. The molecule has 23 heavy (non-hydrogen) atoms. The molecule has 4 nitrogen and oxygen atoms in total. The van der Waals surface area contributed by atoms with Crippen LogP contribution in [-0.4, -0.2) is 29.1 Å². The van der Waals surface area contributed by atoms with Crippen molar-refractivity contribution in [2.45, 2.75) is 19.0 Å². The summed E-state index contributed by atoms with van der Waals surface area (Å²) in [5, 5.41) is 13.1. The van der Waals surface area contributed by atoms with Crippen molar-refractivity contribution in [3.63, 3.8) is 0 Å². The Morgan fingerprint density at radius 2 is 2.09 bits per heavy atom. The Kier molecular flexibility index (Phi) is 6.84. The smallest absolute Gasteiger partial charge is 0.320 e. The summed E-state index contributed by atoms with van der Waals surface area (Å²) in [6.07, 6.45) is 2.52. The Labute approximate surface area is 149 Å². The van der Waals surface area contributed by atoms with Crippen molar-refractivity contribution in [1.82, 2.24) is 5.32 Å². The summed E-state index contributed by atoms with van der Waals surface area (Å²) in [6, 6.07) is 8.33. The standard InChI is InChI=1S/C16H17Cl2NO3S/c1-23-7-6-14(16(20)21)19-9-11-3-5-15(22-11)10-2-4-12(17)13(18)8-10/h2-5,8,14,19H,6-7,9H2,1H3,(H,20,21)/t14-/m1/s1. The lowest BCUT2D eigenvalue weighted by molar-refractivity contribution is -0.139. The Morgan fingerprint density at radius 1 is 1.30 bits per heavy atom. The number of carbonyl (C=O) groups is 1. The van der Waals surface area contributed by atoms with E-state index in [2.05, 4.69) is 5.32 Å². The second kappa shape index (κ2) is 8.64. The number of halogens is 2. The number of aliphatic carboxylic acids is 1. The maximum absolute atomic E-state index is 11.2. The zero-order valence-electron chi connectivity index (χ0n) is 12.5. The molecule has 1 aromatic carbocycles. The van der Waals surface area contributed by atoms with Gasteiger partial charge in [0.1, 0.15) is 17.6 Å². The number of furan rings is 1. The van der Waals surface area contributed by atoms with Crippen LogP contribution in [0.4, 0.5) is 0 Å². The number of benzene rings is 1. The summed E-state index contributed by atoms with van der Waals surface area (Å²) >= 11 is 13.5. The number of carboxylic acid groups (broad SMARTS) is 1. The first-order chi connectivity index (χ1) is 11.0. The lowest BCUT2D eigenvalue weighted by Gasteiger charge is -2.12. The highest BCUT2D eigenvalue weighted by Gasteiger charge is 2.17. The van der Waals surface area contributed by atoms with Gasteiger partial charge in [0.05, 0.1) is 16.6 Å². The van der Waals surface area contributed by atoms with E-state index in [-0.39, 0.29) is 0 Å². The van der Waals surface area contributed by atoms with Crippen LogP contribution in [0.2, 0.25) is 10.0 Å². The van der Waals surface area contributed by atoms with Crippen LogP contribution in [0.15, 0.2) is 34.7 Å². The highest BCUT2D eigenvalue weighted by atomic mass is 35.5. The van der Waals surface area contributed by atoms with E-state index in [0.29, 0.717) is 34.5 Å². The number of thioether (sulfide) groups is 1. The summed E-state index contributed by atoms with van der Waals surface area (Å²) in [6.45, 7) is 0.354. The molecule has 0 aliphatic heterocycles. The van der Waals surface area contributed by atoms with Crippen LogP contribution < -0.4 is 5.32 Å². The van der Waals surface area contributed by atoms with E-state index < -0.39 is 12.0 Å². The molecule has 0 aliphatic rings. The molecule has 0 aliphatic carbocycles. The average Bonchev–Trinajstić information content (AvgIpc) is 2.98. The van der Waals surface area contributed by atoms with Gasteiger partial charge in [0.2, 0.25) is 0 Å². The molecule has 1 aromatic heterocycles. The fourth-order valence-electron chi connectivity index (χ4n) is 2.05. The Balaban J connectivity index is 2.01. The van der Waals surface area contributed by atoms with Gasteiger partial charge < -0.3 is 9.52 Å².